The summed E-state index contributed by atoms with van der Waals surface area (Å²) in [5.41, 5.74) is 4.10. The van der Waals surface area contributed by atoms with Gasteiger partial charge < -0.3 is 20.5 Å². The fourth-order valence-electron chi connectivity index (χ4n) is 4.08. The summed E-state index contributed by atoms with van der Waals surface area (Å²) in [6.45, 7) is -1.43. The van der Waals surface area contributed by atoms with Crippen LogP contribution in [0.4, 0.5) is 13.6 Å². The topological polar surface area (TPSA) is 105 Å². The first kappa shape index (κ1) is 23.9. The molecule has 35 heavy (non-hydrogen) atoms. The molecule has 0 radical (unpaired) electrons. The first-order valence-corrected chi connectivity index (χ1v) is 10.8. The van der Waals surface area contributed by atoms with Crippen LogP contribution in [0.3, 0.4) is 0 Å². The van der Waals surface area contributed by atoms with Gasteiger partial charge in [-0.05, 0) is 27.8 Å². The Labute approximate surface area is 199 Å². The Morgan fingerprint density at radius 3 is 2.00 bits per heavy atom. The highest BCUT2D eigenvalue weighted by Crippen LogP contribution is 2.44. The summed E-state index contributed by atoms with van der Waals surface area (Å²) in [5, 5.41) is 13.0. The number of alkyl carbamates (subject to hydrolysis) is 1. The Morgan fingerprint density at radius 2 is 1.43 bits per heavy atom. The Kier molecular flexibility index (Phi) is 6.77. The van der Waals surface area contributed by atoms with Gasteiger partial charge in [-0.2, -0.15) is 8.78 Å². The second-order valence-electron chi connectivity index (χ2n) is 8.04. The maximum absolute atomic E-state index is 14.4. The van der Waals surface area contributed by atoms with Gasteiger partial charge in [0, 0.05) is 5.92 Å². The Bertz CT molecular complexity index is 1200. The number of fused-ring (bicyclic) bond motifs is 3. The quantitative estimate of drug-likeness (QED) is 0.450. The minimum atomic E-state index is -4.06. The zero-order valence-corrected chi connectivity index (χ0v) is 18.4. The molecule has 7 nitrogen and oxygen atoms in total. The van der Waals surface area contributed by atoms with Crippen LogP contribution in [0.15, 0.2) is 78.9 Å². The van der Waals surface area contributed by atoms with Crippen LogP contribution in [0.5, 0.6) is 0 Å². The van der Waals surface area contributed by atoms with E-state index in [4.69, 9.17) is 4.74 Å². The molecule has 3 aromatic rings. The van der Waals surface area contributed by atoms with Crippen LogP contribution in [0.2, 0.25) is 0 Å². The molecule has 1 aliphatic rings. The van der Waals surface area contributed by atoms with Crippen molar-refractivity contribution in [3.05, 3.63) is 95.6 Å². The van der Waals surface area contributed by atoms with E-state index in [0.29, 0.717) is 0 Å². The molecule has 4 rings (SSSR count). The maximum atomic E-state index is 14.4. The molecule has 3 aromatic carbocycles. The van der Waals surface area contributed by atoms with Gasteiger partial charge in [0.1, 0.15) is 6.61 Å². The number of hydrogen-bond donors (Lipinski definition) is 3. The number of carboxylic acids is 1. The number of benzene rings is 3. The van der Waals surface area contributed by atoms with Crippen LogP contribution in [0.25, 0.3) is 11.1 Å². The highest BCUT2D eigenvalue weighted by Gasteiger charge is 2.41. The molecule has 9 heteroatoms. The number of nitrogens with one attached hydrogen (secondary N) is 2. The number of aliphatic carboxylic acids is 1. The van der Waals surface area contributed by atoms with Crippen molar-refractivity contribution in [1.29, 1.82) is 0 Å². The fourth-order valence-corrected chi connectivity index (χ4v) is 4.08. The number of carbonyl (C=O) groups is 3. The summed E-state index contributed by atoms with van der Waals surface area (Å²) in [5.74, 6) is -7.63. The van der Waals surface area contributed by atoms with E-state index >= 15 is 0 Å². The number of rotatable bonds is 8. The SMILES string of the molecule is O=C(NCC(F)(F)C(=O)N[C@@H](C(=O)O)c1ccccc1)OCC1c2ccccc2-c2ccccc21. The van der Waals surface area contributed by atoms with E-state index in [9.17, 15) is 28.3 Å². The van der Waals surface area contributed by atoms with Gasteiger partial charge in [0.25, 0.3) is 5.91 Å². The predicted molar refractivity (Wildman–Crippen MR) is 123 cm³/mol. The number of hydrogen-bond acceptors (Lipinski definition) is 4. The monoisotopic (exact) mass is 480 g/mol. The van der Waals surface area contributed by atoms with Crippen molar-refractivity contribution >= 4 is 18.0 Å². The van der Waals surface area contributed by atoms with Crippen LogP contribution < -0.4 is 10.6 Å². The molecular formula is C26H22F2N2O5. The van der Waals surface area contributed by atoms with Gasteiger partial charge in [-0.25, -0.2) is 9.59 Å². The largest absolute Gasteiger partial charge is 0.479 e. The smallest absolute Gasteiger partial charge is 0.407 e. The highest BCUT2D eigenvalue weighted by molar-refractivity contribution is 5.89. The number of halogens is 2. The van der Waals surface area contributed by atoms with E-state index in [0.717, 1.165) is 22.3 Å². The predicted octanol–water partition coefficient (Wildman–Crippen LogP) is 4.10. The summed E-state index contributed by atoms with van der Waals surface area (Å²) >= 11 is 0. The Morgan fingerprint density at radius 1 is 0.886 bits per heavy atom. The molecule has 0 spiro atoms. The summed E-state index contributed by atoms with van der Waals surface area (Å²) in [6, 6.07) is 21.1. The standard InChI is InChI=1S/C26H22F2N2O5/c27-26(28,24(33)30-22(23(31)32)16-8-2-1-3-9-16)15-29-25(34)35-14-21-19-12-6-4-10-17(19)18-11-5-7-13-20(18)21/h1-13,21-22H,14-15H2,(H,29,34)(H,30,33)(H,31,32)/t22-/m1/s1. The molecule has 0 saturated carbocycles. The van der Waals surface area contributed by atoms with Gasteiger partial charge >= 0.3 is 18.0 Å². The second-order valence-corrected chi connectivity index (χ2v) is 8.04. The maximum Gasteiger partial charge on any atom is 0.407 e. The van der Waals surface area contributed by atoms with Gasteiger partial charge in [-0.15, -0.1) is 0 Å². The zero-order valence-electron chi connectivity index (χ0n) is 18.4. The molecule has 0 saturated heterocycles. The van der Waals surface area contributed by atoms with Crippen LogP contribution in [-0.4, -0.2) is 42.2 Å². The van der Waals surface area contributed by atoms with E-state index < -0.39 is 36.5 Å². The molecular weight excluding hydrogens is 458 g/mol. The Balaban J connectivity index is 1.34. The highest BCUT2D eigenvalue weighted by atomic mass is 19.3. The summed E-state index contributed by atoms with van der Waals surface area (Å²) < 4.78 is 33.9. The fraction of sp³-hybridized carbons (Fsp3) is 0.192. The minimum Gasteiger partial charge on any atom is -0.479 e. The lowest BCUT2D eigenvalue weighted by atomic mass is 9.98. The minimum absolute atomic E-state index is 0.0767. The Hall–Kier alpha value is -4.27. The van der Waals surface area contributed by atoms with Gasteiger partial charge in [0.2, 0.25) is 0 Å². The van der Waals surface area contributed by atoms with E-state index in [-0.39, 0.29) is 18.1 Å². The van der Waals surface area contributed by atoms with Crippen molar-refractivity contribution in [2.24, 2.45) is 0 Å². The molecule has 0 fully saturated rings. The van der Waals surface area contributed by atoms with Gasteiger partial charge in [0.05, 0.1) is 6.54 Å². The van der Waals surface area contributed by atoms with Gasteiger partial charge in [-0.1, -0.05) is 78.9 Å². The van der Waals surface area contributed by atoms with Crippen LogP contribution in [-0.2, 0) is 14.3 Å². The van der Waals surface area contributed by atoms with Crippen molar-refractivity contribution in [3.63, 3.8) is 0 Å². The number of ether oxygens (including phenoxy) is 1. The summed E-state index contributed by atoms with van der Waals surface area (Å²) in [7, 11) is 0. The van der Waals surface area contributed by atoms with E-state index in [1.165, 1.54) is 24.3 Å². The van der Waals surface area contributed by atoms with E-state index in [2.05, 4.69) is 0 Å². The van der Waals surface area contributed by atoms with Crippen molar-refractivity contribution in [1.82, 2.24) is 10.6 Å². The third-order valence-corrected chi connectivity index (χ3v) is 5.79. The number of amides is 2. The second kappa shape index (κ2) is 9.92. The summed E-state index contributed by atoms with van der Waals surface area (Å²) in [6.07, 6.45) is -1.11. The number of carboxylic acid groups (broad SMARTS) is 1. The molecule has 0 aromatic heterocycles. The normalized spacial score (nSPS) is 13.3. The van der Waals surface area contributed by atoms with Crippen LogP contribution in [0, 0.1) is 0 Å². The van der Waals surface area contributed by atoms with Crippen molar-refractivity contribution in [3.8, 4) is 11.1 Å². The molecule has 2 amide bonds. The molecule has 1 aliphatic carbocycles. The van der Waals surface area contributed by atoms with Gasteiger partial charge in [0.15, 0.2) is 6.04 Å². The first-order chi connectivity index (χ1) is 16.8. The summed E-state index contributed by atoms with van der Waals surface area (Å²) in [4.78, 5) is 35.7. The molecule has 0 unspecified atom stereocenters. The van der Waals surface area contributed by atoms with Crippen molar-refractivity contribution in [2.75, 3.05) is 13.2 Å². The molecule has 0 aliphatic heterocycles. The average molecular weight is 480 g/mol. The van der Waals surface area contributed by atoms with Crippen molar-refractivity contribution < 1.29 is 33.0 Å². The van der Waals surface area contributed by atoms with Crippen molar-refractivity contribution in [2.45, 2.75) is 17.9 Å². The molecule has 180 valence electrons. The molecule has 1 atom stereocenters. The molecule has 0 bridgehead atoms. The lowest BCUT2D eigenvalue weighted by molar-refractivity contribution is -0.150. The molecule has 0 heterocycles. The van der Waals surface area contributed by atoms with Crippen LogP contribution >= 0.6 is 0 Å². The van der Waals surface area contributed by atoms with E-state index in [1.807, 2.05) is 59.2 Å². The zero-order chi connectivity index (χ0) is 25.0. The average Bonchev–Trinajstić information content (AvgIpc) is 3.18. The first-order valence-electron chi connectivity index (χ1n) is 10.8. The lowest BCUT2D eigenvalue weighted by Gasteiger charge is -2.21. The number of alkyl halides is 2. The van der Waals surface area contributed by atoms with Crippen LogP contribution in [0.1, 0.15) is 28.7 Å². The van der Waals surface area contributed by atoms with E-state index in [1.54, 1.807) is 6.07 Å². The third-order valence-electron chi connectivity index (χ3n) is 5.79. The molecule has 3 N–H and O–H groups in total. The third kappa shape index (κ3) is 5.13. The van der Waals surface area contributed by atoms with Gasteiger partial charge in [-0.3, -0.25) is 4.79 Å². The lowest BCUT2D eigenvalue weighted by Crippen LogP contribution is -2.50. The number of carbonyl (C=O) groups excluding carboxylic acids is 2.